The number of nitrogens with zero attached hydrogens (tertiary/aromatic N) is 2. The van der Waals surface area contributed by atoms with Gasteiger partial charge in [-0.2, -0.15) is 0 Å². The van der Waals surface area contributed by atoms with Crippen LogP contribution in [0.15, 0.2) is 42.5 Å². The van der Waals surface area contributed by atoms with Crippen LogP contribution in [0.4, 0.5) is 11.4 Å². The zero-order valence-electron chi connectivity index (χ0n) is 14.4. The number of carbonyl (C=O) groups excluding carboxylic acids is 1. The molecule has 136 valence electrons. The molecule has 1 aliphatic carbocycles. The fourth-order valence-corrected chi connectivity index (χ4v) is 3.65. The highest BCUT2D eigenvalue weighted by atomic mass is 35.5. The van der Waals surface area contributed by atoms with Crippen LogP contribution < -0.4 is 5.32 Å². The van der Waals surface area contributed by atoms with E-state index in [2.05, 4.69) is 17.4 Å². The molecule has 0 aliphatic heterocycles. The number of nitro benzene ring substituents is 1. The minimum absolute atomic E-state index is 0.107. The van der Waals surface area contributed by atoms with Gasteiger partial charge in [-0.1, -0.05) is 35.9 Å². The van der Waals surface area contributed by atoms with Gasteiger partial charge in [0.15, 0.2) is 0 Å². The van der Waals surface area contributed by atoms with Crippen LogP contribution in [0.3, 0.4) is 0 Å². The minimum Gasteiger partial charge on any atom is -0.324 e. The van der Waals surface area contributed by atoms with Crippen molar-refractivity contribution in [3.8, 4) is 0 Å². The smallest absolute Gasteiger partial charge is 0.271 e. The lowest BCUT2D eigenvalue weighted by molar-refractivity contribution is -0.384. The third-order valence-corrected chi connectivity index (χ3v) is 5.01. The first-order valence-corrected chi connectivity index (χ1v) is 8.85. The maximum atomic E-state index is 12.4. The van der Waals surface area contributed by atoms with Crippen LogP contribution in [0.2, 0.25) is 5.02 Å². The van der Waals surface area contributed by atoms with Crippen LogP contribution in [0.1, 0.15) is 30.0 Å². The van der Waals surface area contributed by atoms with Crippen molar-refractivity contribution in [2.75, 3.05) is 18.9 Å². The minimum atomic E-state index is -0.522. The van der Waals surface area contributed by atoms with E-state index in [0.29, 0.717) is 5.69 Å². The first kappa shape index (κ1) is 18.4. The van der Waals surface area contributed by atoms with E-state index < -0.39 is 4.92 Å². The molecule has 1 atom stereocenters. The molecule has 1 amide bonds. The number of hydrogen-bond acceptors (Lipinski definition) is 4. The van der Waals surface area contributed by atoms with Gasteiger partial charge in [0.2, 0.25) is 5.91 Å². The second-order valence-electron chi connectivity index (χ2n) is 6.49. The van der Waals surface area contributed by atoms with Crippen molar-refractivity contribution in [2.45, 2.75) is 25.3 Å². The molecule has 0 unspecified atom stereocenters. The van der Waals surface area contributed by atoms with Crippen molar-refractivity contribution in [1.29, 1.82) is 0 Å². The second-order valence-corrected chi connectivity index (χ2v) is 6.90. The van der Waals surface area contributed by atoms with Gasteiger partial charge in [0.05, 0.1) is 22.2 Å². The van der Waals surface area contributed by atoms with Crippen LogP contribution in [0.25, 0.3) is 0 Å². The van der Waals surface area contributed by atoms with Gasteiger partial charge in [-0.05, 0) is 43.5 Å². The number of carbonyl (C=O) groups is 1. The molecule has 0 radical (unpaired) electrons. The number of likely N-dealkylation sites (N-methyl/N-ethyl adjacent to an activating group) is 1. The van der Waals surface area contributed by atoms with Gasteiger partial charge < -0.3 is 5.32 Å². The fraction of sp³-hybridized carbons (Fsp3) is 0.316. The highest BCUT2D eigenvalue weighted by Gasteiger charge is 2.24. The summed E-state index contributed by atoms with van der Waals surface area (Å²) in [6.07, 6.45) is 3.19. The Morgan fingerprint density at radius 3 is 2.85 bits per heavy atom. The Balaban J connectivity index is 1.66. The Bertz CT molecular complexity index is 841. The van der Waals surface area contributed by atoms with Crippen molar-refractivity contribution in [3.63, 3.8) is 0 Å². The molecule has 26 heavy (non-hydrogen) atoms. The highest BCUT2D eigenvalue weighted by molar-refractivity contribution is 6.34. The zero-order valence-corrected chi connectivity index (χ0v) is 15.2. The molecule has 2 aromatic carbocycles. The molecule has 0 heterocycles. The second kappa shape index (κ2) is 7.85. The zero-order chi connectivity index (χ0) is 18.7. The molecule has 0 fully saturated rings. The molecule has 0 spiro atoms. The van der Waals surface area contributed by atoms with Crippen molar-refractivity contribution < 1.29 is 9.72 Å². The van der Waals surface area contributed by atoms with E-state index >= 15 is 0 Å². The van der Waals surface area contributed by atoms with Crippen LogP contribution in [-0.2, 0) is 11.2 Å². The summed E-state index contributed by atoms with van der Waals surface area (Å²) < 4.78 is 0. The number of aryl methyl sites for hydroxylation is 1. The number of nitro groups is 1. The summed E-state index contributed by atoms with van der Waals surface area (Å²) in [6, 6.07) is 12.6. The summed E-state index contributed by atoms with van der Waals surface area (Å²) in [6.45, 7) is 0.215. The fourth-order valence-electron chi connectivity index (χ4n) is 3.43. The lowest BCUT2D eigenvalue weighted by atomic mass is 9.87. The third kappa shape index (κ3) is 4.03. The monoisotopic (exact) mass is 373 g/mol. The Morgan fingerprint density at radius 1 is 1.35 bits per heavy atom. The van der Waals surface area contributed by atoms with Crippen molar-refractivity contribution in [3.05, 3.63) is 68.7 Å². The molecule has 0 saturated heterocycles. The molecule has 0 aromatic heterocycles. The number of fused-ring (bicyclic) bond motifs is 1. The van der Waals surface area contributed by atoms with Crippen molar-refractivity contribution in [2.24, 2.45) is 0 Å². The highest BCUT2D eigenvalue weighted by Crippen LogP contribution is 2.33. The predicted molar refractivity (Wildman–Crippen MR) is 101 cm³/mol. The Morgan fingerprint density at radius 2 is 2.12 bits per heavy atom. The van der Waals surface area contributed by atoms with E-state index in [1.54, 1.807) is 0 Å². The molecule has 2 aromatic rings. The molecule has 6 nitrogen and oxygen atoms in total. The first-order valence-electron chi connectivity index (χ1n) is 8.47. The summed E-state index contributed by atoms with van der Waals surface area (Å²) in [5, 5.41) is 13.6. The van der Waals surface area contributed by atoms with E-state index in [1.165, 1.54) is 29.3 Å². The number of non-ortho nitro benzene ring substituents is 1. The Labute approximate surface area is 156 Å². The first-order chi connectivity index (χ1) is 12.5. The number of nitrogens with one attached hydrogen (secondary N) is 1. The standard InChI is InChI=1S/C19H20ClN3O3/c1-22(18-8-4-6-13-5-2-3-7-15(13)18)12-19(24)21-17-10-9-14(23(25)26)11-16(17)20/h2-3,5,7,9-11,18H,4,6,8,12H2,1H3,(H,21,24)/t18-/m0/s1. The van der Waals surface area contributed by atoms with Crippen molar-refractivity contribution >= 4 is 28.9 Å². The molecular weight excluding hydrogens is 354 g/mol. The van der Waals surface area contributed by atoms with Gasteiger partial charge in [0.25, 0.3) is 5.69 Å². The Kier molecular flexibility index (Phi) is 5.54. The largest absolute Gasteiger partial charge is 0.324 e. The summed E-state index contributed by atoms with van der Waals surface area (Å²) in [7, 11) is 1.93. The third-order valence-electron chi connectivity index (χ3n) is 4.70. The molecule has 3 rings (SSSR count). The number of hydrogen-bond donors (Lipinski definition) is 1. The topological polar surface area (TPSA) is 75.5 Å². The maximum absolute atomic E-state index is 12.4. The van der Waals surface area contributed by atoms with E-state index in [4.69, 9.17) is 11.6 Å². The van der Waals surface area contributed by atoms with Crippen LogP contribution in [0, 0.1) is 10.1 Å². The van der Waals surface area contributed by atoms with E-state index in [0.717, 1.165) is 19.3 Å². The average molecular weight is 374 g/mol. The molecule has 0 bridgehead atoms. The molecule has 0 saturated carbocycles. The van der Waals surface area contributed by atoms with E-state index in [9.17, 15) is 14.9 Å². The molecule has 1 aliphatic rings. The van der Waals surface area contributed by atoms with Gasteiger partial charge in [-0.25, -0.2) is 0 Å². The summed E-state index contributed by atoms with van der Waals surface area (Å²) in [5.74, 6) is -0.202. The number of amides is 1. The summed E-state index contributed by atoms with van der Waals surface area (Å²) in [5.41, 5.74) is 2.89. The number of benzene rings is 2. The SMILES string of the molecule is CN(CC(=O)Nc1ccc([N+](=O)[O-])cc1Cl)[C@H]1CCCc2ccccc21. The van der Waals surface area contributed by atoms with Gasteiger partial charge >= 0.3 is 0 Å². The summed E-state index contributed by atoms with van der Waals surface area (Å²) in [4.78, 5) is 24.7. The van der Waals surface area contributed by atoms with Crippen LogP contribution in [-0.4, -0.2) is 29.3 Å². The van der Waals surface area contributed by atoms with E-state index in [1.807, 2.05) is 24.1 Å². The average Bonchev–Trinajstić information content (AvgIpc) is 2.62. The van der Waals surface area contributed by atoms with Gasteiger partial charge in [-0.15, -0.1) is 0 Å². The molecule has 7 heteroatoms. The predicted octanol–water partition coefficient (Wildman–Crippen LogP) is 4.20. The van der Waals surface area contributed by atoms with Crippen LogP contribution >= 0.6 is 11.6 Å². The van der Waals surface area contributed by atoms with Gasteiger partial charge in [0.1, 0.15) is 0 Å². The number of halogens is 1. The Hall–Kier alpha value is -2.44. The lowest BCUT2D eigenvalue weighted by Crippen LogP contribution is -2.34. The van der Waals surface area contributed by atoms with Gasteiger partial charge in [0, 0.05) is 18.2 Å². The maximum Gasteiger partial charge on any atom is 0.271 e. The molecule has 1 N–H and O–H groups in total. The number of anilines is 1. The summed E-state index contributed by atoms with van der Waals surface area (Å²) >= 11 is 6.04. The van der Waals surface area contributed by atoms with Gasteiger partial charge in [-0.3, -0.25) is 19.8 Å². The molecular formula is C19H20ClN3O3. The number of rotatable bonds is 5. The lowest BCUT2D eigenvalue weighted by Gasteiger charge is -2.32. The quantitative estimate of drug-likeness (QED) is 0.629. The van der Waals surface area contributed by atoms with E-state index in [-0.39, 0.29) is 29.2 Å². The normalized spacial score (nSPS) is 16.2. The van der Waals surface area contributed by atoms with Crippen LogP contribution in [0.5, 0.6) is 0 Å². The van der Waals surface area contributed by atoms with Crippen molar-refractivity contribution in [1.82, 2.24) is 4.90 Å².